The molecule has 7 heteroatoms. The third kappa shape index (κ3) is 5.85. The SMILES string of the molecule is Fc1ccc(Br)nc1.O=C(CCl)c1ccc(F)cn1. The Balaban J connectivity index is 0.000000200. The second kappa shape index (κ2) is 7.91. The summed E-state index contributed by atoms with van der Waals surface area (Å²) in [5.74, 6) is -1.20. The lowest BCUT2D eigenvalue weighted by atomic mass is 10.3. The van der Waals surface area contributed by atoms with Gasteiger partial charge in [0.05, 0.1) is 18.3 Å². The number of aromatic nitrogens is 2. The van der Waals surface area contributed by atoms with Gasteiger partial charge in [0.2, 0.25) is 0 Å². The number of pyridine rings is 2. The van der Waals surface area contributed by atoms with E-state index in [1.54, 1.807) is 6.07 Å². The first-order chi connectivity index (χ1) is 9.02. The Kier molecular flexibility index (Phi) is 6.52. The molecular weight excluding hydrogens is 341 g/mol. The highest BCUT2D eigenvalue weighted by Crippen LogP contribution is 2.03. The molecule has 100 valence electrons. The Labute approximate surface area is 121 Å². The van der Waals surface area contributed by atoms with Crippen LogP contribution in [0.5, 0.6) is 0 Å². The second-order valence-electron chi connectivity index (χ2n) is 3.22. The van der Waals surface area contributed by atoms with E-state index in [9.17, 15) is 13.6 Å². The smallest absolute Gasteiger partial charge is 0.195 e. The molecule has 0 spiro atoms. The molecule has 0 aliphatic heterocycles. The maximum atomic E-state index is 12.2. The Morgan fingerprint density at radius 2 is 1.68 bits per heavy atom. The Bertz CT molecular complexity index is 513. The van der Waals surface area contributed by atoms with Gasteiger partial charge in [-0.25, -0.2) is 13.8 Å². The molecule has 0 amide bonds. The van der Waals surface area contributed by atoms with Gasteiger partial charge in [-0.05, 0) is 40.2 Å². The van der Waals surface area contributed by atoms with Crippen LogP contribution in [0.2, 0.25) is 0 Å². The quantitative estimate of drug-likeness (QED) is 0.472. The van der Waals surface area contributed by atoms with Crippen LogP contribution in [0.25, 0.3) is 0 Å². The van der Waals surface area contributed by atoms with Gasteiger partial charge in [-0.3, -0.25) is 9.78 Å². The monoisotopic (exact) mass is 348 g/mol. The summed E-state index contributed by atoms with van der Waals surface area (Å²) in [7, 11) is 0. The van der Waals surface area contributed by atoms with Crippen LogP contribution < -0.4 is 0 Å². The molecule has 0 radical (unpaired) electrons. The summed E-state index contributed by atoms with van der Waals surface area (Å²) in [6.07, 6.45) is 2.14. The molecule has 2 aromatic heterocycles. The Morgan fingerprint density at radius 1 is 1.11 bits per heavy atom. The van der Waals surface area contributed by atoms with E-state index in [4.69, 9.17) is 11.6 Å². The van der Waals surface area contributed by atoms with Crippen LogP contribution >= 0.6 is 27.5 Å². The van der Waals surface area contributed by atoms with Gasteiger partial charge in [0.15, 0.2) is 5.78 Å². The Hall–Kier alpha value is -1.40. The predicted molar refractivity (Wildman–Crippen MR) is 71.1 cm³/mol. The number of hydrogen-bond acceptors (Lipinski definition) is 3. The van der Waals surface area contributed by atoms with Crippen molar-refractivity contribution in [2.24, 2.45) is 0 Å². The fourth-order valence-electron chi connectivity index (χ4n) is 0.967. The molecule has 3 nitrogen and oxygen atoms in total. The zero-order valence-electron chi connectivity index (χ0n) is 9.49. The van der Waals surface area contributed by atoms with Gasteiger partial charge in [-0.2, -0.15) is 0 Å². The lowest BCUT2D eigenvalue weighted by Gasteiger charge is -1.93. The van der Waals surface area contributed by atoms with E-state index in [1.165, 1.54) is 18.2 Å². The fourth-order valence-corrected chi connectivity index (χ4v) is 1.34. The van der Waals surface area contributed by atoms with E-state index in [0.717, 1.165) is 12.4 Å². The van der Waals surface area contributed by atoms with Crippen LogP contribution in [-0.4, -0.2) is 21.6 Å². The van der Waals surface area contributed by atoms with Crippen molar-refractivity contribution in [2.45, 2.75) is 0 Å². The lowest BCUT2D eigenvalue weighted by Crippen LogP contribution is -2.02. The van der Waals surface area contributed by atoms with Crippen molar-refractivity contribution in [1.29, 1.82) is 0 Å². The molecule has 0 saturated heterocycles. The third-order valence-electron chi connectivity index (χ3n) is 1.83. The number of carbonyl (C=O) groups is 1. The summed E-state index contributed by atoms with van der Waals surface area (Å²) in [6.45, 7) is 0. The van der Waals surface area contributed by atoms with Crippen molar-refractivity contribution in [3.8, 4) is 0 Å². The van der Waals surface area contributed by atoms with E-state index in [1.807, 2.05) is 0 Å². The van der Waals surface area contributed by atoms with Gasteiger partial charge < -0.3 is 0 Å². The number of carbonyl (C=O) groups excluding carboxylic acids is 1. The molecule has 0 aromatic carbocycles. The van der Waals surface area contributed by atoms with E-state index >= 15 is 0 Å². The van der Waals surface area contributed by atoms with E-state index < -0.39 is 5.82 Å². The van der Waals surface area contributed by atoms with E-state index in [-0.39, 0.29) is 23.2 Å². The Morgan fingerprint density at radius 3 is 2.05 bits per heavy atom. The van der Waals surface area contributed by atoms with Crippen LogP contribution in [-0.2, 0) is 0 Å². The molecule has 19 heavy (non-hydrogen) atoms. The van der Waals surface area contributed by atoms with Gasteiger partial charge in [0.25, 0.3) is 0 Å². The summed E-state index contributed by atoms with van der Waals surface area (Å²) in [6, 6.07) is 5.37. The second-order valence-corrected chi connectivity index (χ2v) is 4.30. The first-order valence-corrected chi connectivity index (χ1v) is 6.33. The standard InChI is InChI=1S/C7H5ClFNO.C5H3BrFN/c8-3-7(11)6-2-1-5(9)4-10-6;6-5-2-1-4(7)3-8-5/h1-2,4H,3H2;1-3H. The first-order valence-electron chi connectivity index (χ1n) is 5.00. The number of hydrogen-bond donors (Lipinski definition) is 0. The van der Waals surface area contributed by atoms with Crippen molar-refractivity contribution in [1.82, 2.24) is 9.97 Å². The highest BCUT2D eigenvalue weighted by atomic mass is 79.9. The van der Waals surface area contributed by atoms with Crippen molar-refractivity contribution >= 4 is 33.3 Å². The summed E-state index contributed by atoms with van der Waals surface area (Å²) >= 11 is 8.31. The largest absolute Gasteiger partial charge is 0.291 e. The van der Waals surface area contributed by atoms with E-state index in [2.05, 4.69) is 25.9 Å². The summed E-state index contributed by atoms with van der Waals surface area (Å²) < 4.78 is 24.9. The van der Waals surface area contributed by atoms with Crippen molar-refractivity contribution in [3.63, 3.8) is 0 Å². The highest BCUT2D eigenvalue weighted by molar-refractivity contribution is 9.10. The molecule has 0 fully saturated rings. The molecule has 0 aliphatic rings. The van der Waals surface area contributed by atoms with Crippen molar-refractivity contribution in [3.05, 3.63) is 58.6 Å². The number of Topliss-reactive ketones (excluding diaryl/α,β-unsaturated/α-hetero) is 1. The molecule has 2 aromatic rings. The van der Waals surface area contributed by atoms with Gasteiger partial charge in [-0.1, -0.05) is 0 Å². The van der Waals surface area contributed by atoms with Gasteiger partial charge in [0.1, 0.15) is 21.9 Å². The molecule has 0 aliphatic carbocycles. The normalized spacial score (nSPS) is 9.47. The average molecular weight is 350 g/mol. The molecule has 2 rings (SSSR count). The minimum Gasteiger partial charge on any atom is -0.291 e. The highest BCUT2D eigenvalue weighted by Gasteiger charge is 2.04. The lowest BCUT2D eigenvalue weighted by molar-refractivity contribution is 0.101. The minimum atomic E-state index is -0.462. The van der Waals surface area contributed by atoms with Crippen molar-refractivity contribution in [2.75, 3.05) is 5.88 Å². The van der Waals surface area contributed by atoms with E-state index in [0.29, 0.717) is 4.60 Å². The molecule has 2 heterocycles. The number of alkyl halides is 1. The van der Waals surface area contributed by atoms with Crippen LogP contribution in [0, 0.1) is 11.6 Å². The minimum absolute atomic E-state index is 0.126. The molecule has 0 atom stereocenters. The van der Waals surface area contributed by atoms with Crippen LogP contribution in [0.3, 0.4) is 0 Å². The zero-order chi connectivity index (χ0) is 14.3. The maximum absolute atomic E-state index is 12.2. The van der Waals surface area contributed by atoms with Crippen LogP contribution in [0.4, 0.5) is 8.78 Å². The van der Waals surface area contributed by atoms with Gasteiger partial charge >= 0.3 is 0 Å². The number of ketones is 1. The zero-order valence-corrected chi connectivity index (χ0v) is 11.8. The molecule has 0 unspecified atom stereocenters. The summed E-state index contributed by atoms with van der Waals surface area (Å²) in [5.41, 5.74) is 0.196. The third-order valence-corrected chi connectivity index (χ3v) is 2.54. The topological polar surface area (TPSA) is 42.9 Å². The molecule has 0 N–H and O–H groups in total. The number of halogens is 4. The van der Waals surface area contributed by atoms with Crippen molar-refractivity contribution < 1.29 is 13.6 Å². The number of nitrogens with zero attached hydrogens (tertiary/aromatic N) is 2. The molecular formula is C12H8BrClF2N2O. The first kappa shape index (κ1) is 15.7. The molecule has 0 saturated carbocycles. The fraction of sp³-hybridized carbons (Fsp3) is 0.0833. The maximum Gasteiger partial charge on any atom is 0.195 e. The number of rotatable bonds is 2. The van der Waals surface area contributed by atoms with Gasteiger partial charge in [-0.15, -0.1) is 11.6 Å². The van der Waals surface area contributed by atoms with Crippen LogP contribution in [0.1, 0.15) is 10.5 Å². The van der Waals surface area contributed by atoms with Gasteiger partial charge in [0, 0.05) is 0 Å². The molecule has 0 bridgehead atoms. The predicted octanol–water partition coefficient (Wildman–Crippen LogP) is 3.63. The van der Waals surface area contributed by atoms with Crippen LogP contribution in [0.15, 0.2) is 41.3 Å². The summed E-state index contributed by atoms with van der Waals surface area (Å²) in [5, 5.41) is 0. The summed E-state index contributed by atoms with van der Waals surface area (Å²) in [4.78, 5) is 18.0. The average Bonchev–Trinajstić information content (AvgIpc) is 2.43.